The van der Waals surface area contributed by atoms with Gasteiger partial charge in [0.1, 0.15) is 17.1 Å². The molecule has 1 amide bonds. The summed E-state index contributed by atoms with van der Waals surface area (Å²) >= 11 is 0. The zero-order chi connectivity index (χ0) is 34.4. The van der Waals surface area contributed by atoms with Crippen molar-refractivity contribution in [2.75, 3.05) is 13.6 Å². The molecule has 0 aliphatic carbocycles. The molecule has 248 valence electrons. The molecule has 3 aromatic carbocycles. The summed E-state index contributed by atoms with van der Waals surface area (Å²) in [7, 11) is 3.56. The van der Waals surface area contributed by atoms with Crippen LogP contribution in [0, 0.1) is 0 Å². The second kappa shape index (κ2) is 18.2. The number of amides is 1. The summed E-state index contributed by atoms with van der Waals surface area (Å²) in [5.41, 5.74) is 1.99. The van der Waals surface area contributed by atoms with Crippen molar-refractivity contribution in [2.45, 2.75) is 66.0 Å². The molecule has 0 bridgehead atoms. The third kappa shape index (κ3) is 9.80. The number of aryl methyl sites for hydroxylation is 2. The van der Waals surface area contributed by atoms with Crippen LogP contribution in [0.4, 0.5) is 0 Å². The third-order valence-electron chi connectivity index (χ3n) is 6.92. The van der Waals surface area contributed by atoms with Gasteiger partial charge in [0.05, 0.1) is 22.7 Å². The van der Waals surface area contributed by atoms with Crippen LogP contribution in [0.5, 0.6) is 11.5 Å². The minimum Gasteiger partial charge on any atom is -0.507 e. The van der Waals surface area contributed by atoms with E-state index in [2.05, 4.69) is 15.4 Å². The van der Waals surface area contributed by atoms with E-state index < -0.39 is 11.6 Å². The van der Waals surface area contributed by atoms with Gasteiger partial charge in [-0.15, -0.1) is 0 Å². The number of ether oxygens (including phenoxy) is 1. The molecular formula is C35H46N4O7. The van der Waals surface area contributed by atoms with E-state index in [9.17, 15) is 29.4 Å². The van der Waals surface area contributed by atoms with Gasteiger partial charge in [-0.25, -0.2) is 9.36 Å². The van der Waals surface area contributed by atoms with Gasteiger partial charge < -0.3 is 25.6 Å². The maximum Gasteiger partial charge on any atom is 0.335 e. The minimum atomic E-state index is -0.582. The van der Waals surface area contributed by atoms with E-state index in [-0.39, 0.29) is 34.8 Å². The second-order valence-electron chi connectivity index (χ2n) is 10.7. The Morgan fingerprint density at radius 2 is 1.57 bits per heavy atom. The van der Waals surface area contributed by atoms with Crippen molar-refractivity contribution in [3.05, 3.63) is 98.2 Å². The number of nitrogens with zero attached hydrogens (tertiary/aromatic N) is 2. The maximum atomic E-state index is 13.4. The molecule has 1 heterocycles. The van der Waals surface area contributed by atoms with Crippen molar-refractivity contribution in [1.29, 1.82) is 0 Å². The molecule has 1 aromatic heterocycles. The Kier molecular flexibility index (Phi) is 14.7. The Bertz CT molecular complexity index is 1690. The summed E-state index contributed by atoms with van der Waals surface area (Å²) in [6, 6.07) is 16.5. The average molecular weight is 635 g/mol. The lowest BCUT2D eigenvalue weighted by Crippen LogP contribution is -2.38. The normalized spacial score (nSPS) is 11.1. The highest BCUT2D eigenvalue weighted by Gasteiger charge is 2.18. The molecule has 4 aromatic rings. The number of rotatable bonds is 11. The average Bonchev–Trinajstić information content (AvgIpc) is 3.02. The predicted octanol–water partition coefficient (Wildman–Crippen LogP) is 4.21. The minimum absolute atomic E-state index is 0.0301. The zero-order valence-electron chi connectivity index (χ0n) is 27.7. The maximum absolute atomic E-state index is 13.4. The van der Waals surface area contributed by atoms with E-state index in [0.717, 1.165) is 30.5 Å². The summed E-state index contributed by atoms with van der Waals surface area (Å²) in [4.78, 5) is 48.4. The number of nitrogens with one attached hydrogen (secondary N) is 2. The first kappa shape index (κ1) is 37.3. The number of phenols is 2. The van der Waals surface area contributed by atoms with Crippen LogP contribution in [-0.2, 0) is 29.4 Å². The fourth-order valence-corrected chi connectivity index (χ4v) is 4.71. The summed E-state index contributed by atoms with van der Waals surface area (Å²) in [5.74, 6) is -1.18. The van der Waals surface area contributed by atoms with E-state index in [0.29, 0.717) is 29.5 Å². The van der Waals surface area contributed by atoms with Crippen LogP contribution >= 0.6 is 0 Å². The van der Waals surface area contributed by atoms with Crippen LogP contribution < -0.4 is 21.9 Å². The molecule has 0 aliphatic rings. The first-order valence-electron chi connectivity index (χ1n) is 15.4. The van der Waals surface area contributed by atoms with E-state index in [4.69, 9.17) is 0 Å². The lowest BCUT2D eigenvalue weighted by atomic mass is 10.1. The van der Waals surface area contributed by atoms with E-state index in [1.807, 2.05) is 39.1 Å². The molecule has 1 atom stereocenters. The molecule has 1 unspecified atom stereocenters. The first-order chi connectivity index (χ1) is 22.0. The lowest BCUT2D eigenvalue weighted by molar-refractivity contribution is -0.131. The number of phenolic OH excluding ortho intramolecular Hbond substituents is 2. The van der Waals surface area contributed by atoms with Crippen molar-refractivity contribution in [1.82, 2.24) is 19.8 Å². The molecule has 0 saturated heterocycles. The quantitative estimate of drug-likeness (QED) is 0.142. The Morgan fingerprint density at radius 1 is 0.957 bits per heavy atom. The molecule has 0 spiro atoms. The van der Waals surface area contributed by atoms with Crippen LogP contribution in [0.2, 0.25) is 0 Å². The van der Waals surface area contributed by atoms with Gasteiger partial charge in [0.2, 0.25) is 0 Å². The van der Waals surface area contributed by atoms with Crippen molar-refractivity contribution in [3.63, 3.8) is 0 Å². The van der Waals surface area contributed by atoms with Crippen LogP contribution in [0.1, 0.15) is 62.5 Å². The van der Waals surface area contributed by atoms with Gasteiger partial charge in [-0.05, 0) is 101 Å². The molecule has 4 rings (SSSR count). The number of benzene rings is 3. The highest BCUT2D eigenvalue weighted by Crippen LogP contribution is 2.26. The smallest absolute Gasteiger partial charge is 0.335 e. The molecule has 0 saturated carbocycles. The van der Waals surface area contributed by atoms with Gasteiger partial charge in [-0.3, -0.25) is 19.0 Å². The molecule has 11 nitrogen and oxygen atoms in total. The fourth-order valence-electron chi connectivity index (χ4n) is 4.71. The molecular weight excluding hydrogens is 588 g/mol. The predicted molar refractivity (Wildman–Crippen MR) is 181 cm³/mol. The number of hydrogen-bond acceptors (Lipinski definition) is 8. The molecule has 11 heteroatoms. The van der Waals surface area contributed by atoms with Gasteiger partial charge in [0, 0.05) is 13.1 Å². The summed E-state index contributed by atoms with van der Waals surface area (Å²) in [5, 5.41) is 26.2. The van der Waals surface area contributed by atoms with Crippen molar-refractivity contribution in [2.24, 2.45) is 7.05 Å². The highest BCUT2D eigenvalue weighted by atomic mass is 16.5. The van der Waals surface area contributed by atoms with Crippen LogP contribution in [0.25, 0.3) is 16.6 Å². The van der Waals surface area contributed by atoms with Crippen molar-refractivity contribution in [3.8, 4) is 17.2 Å². The van der Waals surface area contributed by atoms with Crippen molar-refractivity contribution >= 4 is 23.3 Å². The molecule has 0 radical (unpaired) electrons. The zero-order valence-corrected chi connectivity index (χ0v) is 27.7. The number of hydrogen-bond donors (Lipinski definition) is 4. The standard InChI is InChI=1S/C29H32N4O5.C4H8O2.C2H6/c1-18(31-27(36)26-24(34)7-4-8-25(26)35)16-20-9-12-21(13-10-20)33-28(37)22-17-19(6-5-15-30-2)11-14-23(22)32(3)29(33)38;1-4(2)6-3-5;1-2/h4,7-14,17-18,30,34-35H,5-6,15-16H2,1-3H3,(H,31,36);3-4H,1-2H3;1-2H3. The number of carbonyl (C=O) groups excluding carboxylic acids is 2. The van der Waals surface area contributed by atoms with Gasteiger partial charge in [-0.2, -0.15) is 0 Å². The van der Waals surface area contributed by atoms with E-state index >= 15 is 0 Å². The van der Waals surface area contributed by atoms with Crippen LogP contribution in [-0.4, -0.2) is 57.5 Å². The Morgan fingerprint density at radius 3 is 2.11 bits per heavy atom. The largest absolute Gasteiger partial charge is 0.507 e. The van der Waals surface area contributed by atoms with E-state index in [1.165, 1.54) is 27.3 Å². The fraction of sp³-hybridized carbons (Fsp3) is 0.371. The third-order valence-corrected chi connectivity index (χ3v) is 6.92. The Labute approximate surface area is 269 Å². The van der Waals surface area contributed by atoms with Crippen LogP contribution in [0.3, 0.4) is 0 Å². The van der Waals surface area contributed by atoms with Gasteiger partial charge >= 0.3 is 5.69 Å². The second-order valence-corrected chi connectivity index (χ2v) is 10.7. The SMILES string of the molecule is CC.CC(C)OC=O.CNCCCc1ccc2c(c1)c(=O)n(-c1ccc(CC(C)NC(=O)c3c(O)cccc3O)cc1)c(=O)n2C. The van der Waals surface area contributed by atoms with Crippen LogP contribution in [0.15, 0.2) is 70.3 Å². The first-order valence-corrected chi connectivity index (χ1v) is 15.4. The summed E-state index contributed by atoms with van der Waals surface area (Å²) in [6.07, 6.45) is 2.26. The summed E-state index contributed by atoms with van der Waals surface area (Å²) < 4.78 is 7.02. The number of carbonyl (C=O) groups is 2. The highest BCUT2D eigenvalue weighted by molar-refractivity contribution is 5.99. The van der Waals surface area contributed by atoms with Crippen molar-refractivity contribution < 1.29 is 24.5 Å². The number of aromatic hydroxyl groups is 2. The monoisotopic (exact) mass is 634 g/mol. The topological polar surface area (TPSA) is 152 Å². The molecule has 4 N–H and O–H groups in total. The lowest BCUT2D eigenvalue weighted by Gasteiger charge is -2.16. The summed E-state index contributed by atoms with van der Waals surface area (Å²) in [6.45, 7) is 10.7. The number of aromatic nitrogens is 2. The van der Waals surface area contributed by atoms with Gasteiger partial charge in [0.25, 0.3) is 17.9 Å². The number of fused-ring (bicyclic) bond motifs is 1. The molecule has 46 heavy (non-hydrogen) atoms. The van der Waals surface area contributed by atoms with E-state index in [1.54, 1.807) is 52.1 Å². The molecule has 0 fully saturated rings. The van der Waals surface area contributed by atoms with Gasteiger partial charge in [0.15, 0.2) is 0 Å². The Hall–Kier alpha value is -4.90. The Balaban J connectivity index is 0.000000826. The van der Waals surface area contributed by atoms with Gasteiger partial charge in [-0.1, -0.05) is 38.1 Å². The molecule has 0 aliphatic heterocycles.